The first-order chi connectivity index (χ1) is 9.15. The first-order valence-corrected chi connectivity index (χ1v) is 7.02. The molecule has 3 heterocycles. The van der Waals surface area contributed by atoms with Gasteiger partial charge in [0.15, 0.2) is 0 Å². The molecule has 2 aliphatic heterocycles. The Bertz CT molecular complexity index is 508. The van der Waals surface area contributed by atoms with Crippen LogP contribution >= 0.6 is 0 Å². The predicted octanol–water partition coefficient (Wildman–Crippen LogP) is 1.29. The van der Waals surface area contributed by atoms with E-state index in [0.29, 0.717) is 6.54 Å². The molecule has 0 unspecified atom stereocenters. The fourth-order valence-electron chi connectivity index (χ4n) is 2.89. The minimum absolute atomic E-state index is 0.133. The van der Waals surface area contributed by atoms with Gasteiger partial charge in [-0.15, -0.1) is 0 Å². The van der Waals surface area contributed by atoms with Gasteiger partial charge in [0, 0.05) is 50.8 Å². The Morgan fingerprint density at radius 2 is 1.89 bits per heavy atom. The SMILES string of the molecule is CC(=O)N1CCc2nc(N3CCCC3)nc(C)c2C1. The van der Waals surface area contributed by atoms with Gasteiger partial charge in [0.25, 0.3) is 0 Å². The van der Waals surface area contributed by atoms with Crippen LogP contribution in [0, 0.1) is 6.92 Å². The van der Waals surface area contributed by atoms with Crippen LogP contribution in [0.1, 0.15) is 36.7 Å². The number of hydrogen-bond donors (Lipinski definition) is 0. The standard InChI is InChI=1S/C14H20N4O/c1-10-12-9-18(11(2)19)8-5-13(12)16-14(15-10)17-6-3-4-7-17/h3-9H2,1-2H3. The van der Waals surface area contributed by atoms with Gasteiger partial charge in [0.05, 0.1) is 5.69 Å². The summed E-state index contributed by atoms with van der Waals surface area (Å²) in [4.78, 5) is 25.0. The van der Waals surface area contributed by atoms with E-state index < -0.39 is 0 Å². The third-order valence-corrected chi connectivity index (χ3v) is 4.09. The Morgan fingerprint density at radius 1 is 1.16 bits per heavy atom. The van der Waals surface area contributed by atoms with Crippen LogP contribution in [-0.4, -0.2) is 40.4 Å². The third kappa shape index (κ3) is 2.29. The second-order valence-electron chi connectivity index (χ2n) is 5.42. The van der Waals surface area contributed by atoms with Crippen LogP contribution in [0.15, 0.2) is 0 Å². The van der Waals surface area contributed by atoms with Gasteiger partial charge in [-0.2, -0.15) is 0 Å². The van der Waals surface area contributed by atoms with Crippen molar-refractivity contribution in [3.8, 4) is 0 Å². The molecule has 0 radical (unpaired) electrons. The first-order valence-electron chi connectivity index (χ1n) is 7.02. The van der Waals surface area contributed by atoms with Crippen LogP contribution in [0.5, 0.6) is 0 Å². The number of aromatic nitrogens is 2. The lowest BCUT2D eigenvalue weighted by Crippen LogP contribution is -2.36. The molecule has 1 saturated heterocycles. The Kier molecular flexibility index (Phi) is 3.12. The van der Waals surface area contributed by atoms with Gasteiger partial charge in [-0.3, -0.25) is 4.79 Å². The van der Waals surface area contributed by atoms with Crippen molar-refractivity contribution < 1.29 is 4.79 Å². The normalized spacial score (nSPS) is 18.6. The highest BCUT2D eigenvalue weighted by molar-refractivity contribution is 5.73. The number of aryl methyl sites for hydroxylation is 1. The molecule has 5 nitrogen and oxygen atoms in total. The zero-order valence-electron chi connectivity index (χ0n) is 11.6. The summed E-state index contributed by atoms with van der Waals surface area (Å²) in [7, 11) is 0. The topological polar surface area (TPSA) is 49.3 Å². The zero-order valence-corrected chi connectivity index (χ0v) is 11.6. The molecular formula is C14H20N4O. The monoisotopic (exact) mass is 260 g/mol. The smallest absolute Gasteiger partial charge is 0.225 e. The van der Waals surface area contributed by atoms with Crippen molar-refractivity contribution in [2.45, 2.75) is 39.7 Å². The number of rotatable bonds is 1. The van der Waals surface area contributed by atoms with Gasteiger partial charge in [-0.05, 0) is 19.8 Å². The molecule has 1 aromatic heterocycles. The van der Waals surface area contributed by atoms with Crippen molar-refractivity contribution >= 4 is 11.9 Å². The van der Waals surface area contributed by atoms with Crippen molar-refractivity contribution in [1.82, 2.24) is 14.9 Å². The highest BCUT2D eigenvalue weighted by Gasteiger charge is 2.24. The fraction of sp³-hybridized carbons (Fsp3) is 0.643. The molecule has 0 aliphatic carbocycles. The summed E-state index contributed by atoms with van der Waals surface area (Å²) in [5.41, 5.74) is 3.30. The van der Waals surface area contributed by atoms with E-state index in [-0.39, 0.29) is 5.91 Å². The molecule has 102 valence electrons. The molecule has 0 bridgehead atoms. The van der Waals surface area contributed by atoms with Gasteiger partial charge in [0.2, 0.25) is 11.9 Å². The summed E-state index contributed by atoms with van der Waals surface area (Å²) < 4.78 is 0. The van der Waals surface area contributed by atoms with Crippen LogP contribution in [0.25, 0.3) is 0 Å². The average Bonchev–Trinajstić information content (AvgIpc) is 2.92. The highest BCUT2D eigenvalue weighted by Crippen LogP contribution is 2.24. The second kappa shape index (κ2) is 4.79. The molecule has 2 aliphatic rings. The van der Waals surface area contributed by atoms with Crippen LogP contribution in [0.2, 0.25) is 0 Å². The molecule has 0 aromatic carbocycles. The maximum atomic E-state index is 11.5. The molecule has 1 amide bonds. The molecule has 1 aromatic rings. The number of amides is 1. The van der Waals surface area contributed by atoms with E-state index in [1.165, 1.54) is 12.8 Å². The van der Waals surface area contributed by atoms with Crippen LogP contribution < -0.4 is 4.90 Å². The second-order valence-corrected chi connectivity index (χ2v) is 5.42. The van der Waals surface area contributed by atoms with E-state index in [2.05, 4.69) is 9.88 Å². The molecule has 19 heavy (non-hydrogen) atoms. The van der Waals surface area contributed by atoms with E-state index in [1.807, 2.05) is 11.8 Å². The van der Waals surface area contributed by atoms with E-state index in [4.69, 9.17) is 4.98 Å². The van der Waals surface area contributed by atoms with Crippen LogP contribution in [0.3, 0.4) is 0 Å². The van der Waals surface area contributed by atoms with Gasteiger partial charge < -0.3 is 9.80 Å². The number of nitrogens with zero attached hydrogens (tertiary/aromatic N) is 4. The maximum Gasteiger partial charge on any atom is 0.225 e. The van der Waals surface area contributed by atoms with E-state index in [0.717, 1.165) is 49.0 Å². The van der Waals surface area contributed by atoms with E-state index in [1.54, 1.807) is 6.92 Å². The number of carbonyl (C=O) groups is 1. The van der Waals surface area contributed by atoms with Crippen molar-refractivity contribution in [1.29, 1.82) is 0 Å². The van der Waals surface area contributed by atoms with Crippen LogP contribution in [0.4, 0.5) is 5.95 Å². The fourth-order valence-corrected chi connectivity index (χ4v) is 2.89. The molecule has 0 atom stereocenters. The summed E-state index contributed by atoms with van der Waals surface area (Å²) in [5, 5.41) is 0. The lowest BCUT2D eigenvalue weighted by Gasteiger charge is -2.29. The first kappa shape index (κ1) is 12.4. The Hall–Kier alpha value is -1.65. The van der Waals surface area contributed by atoms with Crippen molar-refractivity contribution in [3.63, 3.8) is 0 Å². The van der Waals surface area contributed by atoms with E-state index in [9.17, 15) is 4.79 Å². The third-order valence-electron chi connectivity index (χ3n) is 4.09. The summed E-state index contributed by atoms with van der Waals surface area (Å²) >= 11 is 0. The average molecular weight is 260 g/mol. The molecule has 0 spiro atoms. The molecule has 0 N–H and O–H groups in total. The Balaban J connectivity index is 1.90. The molecule has 3 rings (SSSR count). The largest absolute Gasteiger partial charge is 0.341 e. The molecular weight excluding hydrogens is 240 g/mol. The van der Waals surface area contributed by atoms with Gasteiger partial charge in [-0.1, -0.05) is 0 Å². The zero-order chi connectivity index (χ0) is 13.4. The highest BCUT2D eigenvalue weighted by atomic mass is 16.2. The summed E-state index contributed by atoms with van der Waals surface area (Å²) in [6.45, 7) is 7.23. The van der Waals surface area contributed by atoms with Gasteiger partial charge in [-0.25, -0.2) is 9.97 Å². The Labute approximate surface area is 113 Å². The predicted molar refractivity (Wildman–Crippen MR) is 73.0 cm³/mol. The minimum atomic E-state index is 0.133. The molecule has 5 heteroatoms. The van der Waals surface area contributed by atoms with Gasteiger partial charge in [0.1, 0.15) is 0 Å². The number of fused-ring (bicyclic) bond motifs is 1. The Morgan fingerprint density at radius 3 is 2.58 bits per heavy atom. The lowest BCUT2D eigenvalue weighted by atomic mass is 10.0. The van der Waals surface area contributed by atoms with Crippen molar-refractivity contribution in [2.75, 3.05) is 24.5 Å². The van der Waals surface area contributed by atoms with Crippen LogP contribution in [-0.2, 0) is 17.8 Å². The lowest BCUT2D eigenvalue weighted by molar-refractivity contribution is -0.129. The minimum Gasteiger partial charge on any atom is -0.341 e. The van der Waals surface area contributed by atoms with Crippen molar-refractivity contribution in [3.05, 3.63) is 17.0 Å². The van der Waals surface area contributed by atoms with Crippen molar-refractivity contribution in [2.24, 2.45) is 0 Å². The summed E-state index contributed by atoms with van der Waals surface area (Å²) in [6.07, 6.45) is 3.31. The maximum absolute atomic E-state index is 11.5. The summed E-state index contributed by atoms with van der Waals surface area (Å²) in [6, 6.07) is 0. The van der Waals surface area contributed by atoms with Gasteiger partial charge >= 0.3 is 0 Å². The molecule has 0 saturated carbocycles. The quantitative estimate of drug-likeness (QED) is 0.763. The van der Waals surface area contributed by atoms with E-state index >= 15 is 0 Å². The number of carbonyl (C=O) groups excluding carboxylic acids is 1. The molecule has 1 fully saturated rings. The number of anilines is 1. The summed E-state index contributed by atoms with van der Waals surface area (Å²) in [5.74, 6) is 1.01. The number of hydrogen-bond acceptors (Lipinski definition) is 4.